The molecule has 1 aromatic heterocycles. The minimum atomic E-state index is -1.54. The highest BCUT2D eigenvalue weighted by atomic mass is 28.3. The third kappa shape index (κ3) is 7.75. The van der Waals surface area contributed by atoms with Crippen molar-refractivity contribution in [3.05, 3.63) is 23.5 Å². The number of ether oxygens (including phenoxy) is 2. The molecule has 0 atom stereocenters. The zero-order valence-electron chi connectivity index (χ0n) is 18.0. The van der Waals surface area contributed by atoms with Crippen LogP contribution in [0.2, 0.25) is 19.6 Å². The number of hydrogen-bond acceptors (Lipinski definition) is 6. The van der Waals surface area contributed by atoms with E-state index in [-0.39, 0.29) is 5.69 Å². The molecule has 0 spiro atoms. The van der Waals surface area contributed by atoms with E-state index in [1.807, 2.05) is 11.0 Å². The Balaban J connectivity index is 2.23. The van der Waals surface area contributed by atoms with Crippen LogP contribution in [0.1, 0.15) is 36.8 Å². The molecule has 0 saturated carbocycles. The molecule has 158 valence electrons. The topological polar surface area (TPSA) is 92.8 Å². The fourth-order valence-corrected chi connectivity index (χ4v) is 2.99. The van der Waals surface area contributed by atoms with E-state index in [0.29, 0.717) is 32.0 Å². The van der Waals surface area contributed by atoms with Crippen LogP contribution < -0.4 is 15.8 Å². The first-order chi connectivity index (χ1) is 13.4. The van der Waals surface area contributed by atoms with Crippen molar-refractivity contribution in [1.82, 2.24) is 15.8 Å². The van der Waals surface area contributed by atoms with E-state index in [1.54, 1.807) is 27.0 Å². The number of carbonyl (C=O) groups excluding carboxylic acids is 2. The molecule has 1 aliphatic rings. The number of rotatable bonds is 2. The third-order valence-corrected chi connectivity index (χ3v) is 4.57. The Morgan fingerprint density at radius 2 is 1.86 bits per heavy atom. The van der Waals surface area contributed by atoms with Gasteiger partial charge in [0.05, 0.1) is 18.9 Å². The van der Waals surface area contributed by atoms with E-state index in [2.05, 4.69) is 46.9 Å². The molecule has 2 heterocycles. The number of hydrazine groups is 1. The van der Waals surface area contributed by atoms with Gasteiger partial charge in [-0.15, -0.1) is 5.54 Å². The standard InChI is InChI=1S/C20H30N4O4Si/c1-20(2,3)28-19(26)23-22-18(25)17-16(24-8-10-27-11-9-24)13-15(14-21-17)7-12-29(4,5)6/h13-14H,8-11H2,1-6H3,(H,22,25)(H,23,26). The van der Waals surface area contributed by atoms with Crippen molar-refractivity contribution in [3.63, 3.8) is 0 Å². The second-order valence-corrected chi connectivity index (χ2v) is 13.5. The van der Waals surface area contributed by atoms with Gasteiger partial charge in [-0.3, -0.25) is 10.2 Å². The normalized spacial score (nSPS) is 14.5. The lowest BCUT2D eigenvalue weighted by molar-refractivity contribution is 0.0483. The van der Waals surface area contributed by atoms with Crippen LogP contribution in [0.25, 0.3) is 0 Å². The van der Waals surface area contributed by atoms with Crippen molar-refractivity contribution in [2.75, 3.05) is 31.2 Å². The van der Waals surface area contributed by atoms with Gasteiger partial charge in [0.2, 0.25) is 0 Å². The summed E-state index contributed by atoms with van der Waals surface area (Å²) in [7, 11) is -1.54. The van der Waals surface area contributed by atoms with Crippen LogP contribution in [0.15, 0.2) is 12.3 Å². The maximum atomic E-state index is 12.7. The Kier molecular flexibility index (Phi) is 7.27. The summed E-state index contributed by atoms with van der Waals surface area (Å²) in [6, 6.07) is 1.87. The molecular formula is C20H30N4O4Si. The zero-order valence-corrected chi connectivity index (χ0v) is 19.0. The molecule has 2 rings (SSSR count). The summed E-state index contributed by atoms with van der Waals surface area (Å²) in [5.41, 5.74) is 8.90. The van der Waals surface area contributed by atoms with Crippen LogP contribution in [0.4, 0.5) is 10.5 Å². The van der Waals surface area contributed by atoms with Crippen LogP contribution >= 0.6 is 0 Å². The number of hydrogen-bond donors (Lipinski definition) is 2. The molecule has 1 aliphatic heterocycles. The molecule has 0 aromatic carbocycles. The summed E-state index contributed by atoms with van der Waals surface area (Å²) in [6.07, 6.45) is 0.843. The number of pyridine rings is 1. The Morgan fingerprint density at radius 1 is 1.21 bits per heavy atom. The molecule has 9 heteroatoms. The minimum absolute atomic E-state index is 0.210. The quantitative estimate of drug-likeness (QED) is 0.435. The van der Waals surface area contributed by atoms with Gasteiger partial charge in [0.15, 0.2) is 5.69 Å². The Bertz CT molecular complexity index is 812. The largest absolute Gasteiger partial charge is 0.443 e. The van der Waals surface area contributed by atoms with Crippen LogP contribution in [0.5, 0.6) is 0 Å². The maximum Gasteiger partial charge on any atom is 0.426 e. The van der Waals surface area contributed by atoms with Crippen molar-refractivity contribution in [1.29, 1.82) is 0 Å². The first kappa shape index (κ1) is 22.7. The smallest absolute Gasteiger partial charge is 0.426 e. The van der Waals surface area contributed by atoms with Crippen molar-refractivity contribution < 1.29 is 19.1 Å². The number of amides is 2. The van der Waals surface area contributed by atoms with Gasteiger partial charge < -0.3 is 14.4 Å². The second-order valence-electron chi connectivity index (χ2n) is 8.77. The number of aromatic nitrogens is 1. The van der Waals surface area contributed by atoms with Gasteiger partial charge in [-0.1, -0.05) is 25.6 Å². The summed E-state index contributed by atoms with van der Waals surface area (Å²) in [5, 5.41) is 0. The fraction of sp³-hybridized carbons (Fsp3) is 0.550. The van der Waals surface area contributed by atoms with E-state index in [4.69, 9.17) is 9.47 Å². The van der Waals surface area contributed by atoms with Gasteiger partial charge in [-0.2, -0.15) is 0 Å². The summed E-state index contributed by atoms with van der Waals surface area (Å²) >= 11 is 0. The number of nitrogens with zero attached hydrogens (tertiary/aromatic N) is 2. The minimum Gasteiger partial charge on any atom is -0.443 e. The van der Waals surface area contributed by atoms with E-state index in [0.717, 1.165) is 5.56 Å². The second kappa shape index (κ2) is 9.28. The number of carbonyl (C=O) groups is 2. The van der Waals surface area contributed by atoms with Gasteiger partial charge in [-0.25, -0.2) is 15.2 Å². The molecule has 2 N–H and O–H groups in total. The molecule has 1 aromatic rings. The molecule has 1 fully saturated rings. The molecule has 1 saturated heterocycles. The van der Waals surface area contributed by atoms with Gasteiger partial charge >= 0.3 is 6.09 Å². The lowest BCUT2D eigenvalue weighted by Crippen LogP contribution is -2.45. The molecular weight excluding hydrogens is 388 g/mol. The first-order valence-corrected chi connectivity index (χ1v) is 13.1. The monoisotopic (exact) mass is 418 g/mol. The molecule has 0 aliphatic carbocycles. The predicted octanol–water partition coefficient (Wildman–Crippen LogP) is 2.32. The lowest BCUT2D eigenvalue weighted by atomic mass is 10.2. The van der Waals surface area contributed by atoms with Gasteiger partial charge in [0.25, 0.3) is 5.91 Å². The Morgan fingerprint density at radius 3 is 2.45 bits per heavy atom. The van der Waals surface area contributed by atoms with Crippen molar-refractivity contribution >= 4 is 25.8 Å². The van der Waals surface area contributed by atoms with Crippen LogP contribution in [-0.4, -0.2) is 57.0 Å². The molecule has 0 bridgehead atoms. The summed E-state index contributed by atoms with van der Waals surface area (Å²) in [4.78, 5) is 30.9. The SMILES string of the molecule is CC(C)(C)OC(=O)NNC(=O)c1ncc(C#C[Si](C)(C)C)cc1N1CCOCC1. The van der Waals surface area contributed by atoms with E-state index < -0.39 is 25.7 Å². The lowest BCUT2D eigenvalue weighted by Gasteiger charge is -2.30. The van der Waals surface area contributed by atoms with Gasteiger partial charge in [0, 0.05) is 24.8 Å². The molecule has 0 radical (unpaired) electrons. The Labute approximate surface area is 173 Å². The van der Waals surface area contributed by atoms with Crippen LogP contribution in [0.3, 0.4) is 0 Å². The highest BCUT2D eigenvalue weighted by Crippen LogP contribution is 2.21. The van der Waals surface area contributed by atoms with Crippen molar-refractivity contribution in [2.24, 2.45) is 0 Å². The predicted molar refractivity (Wildman–Crippen MR) is 114 cm³/mol. The van der Waals surface area contributed by atoms with Crippen LogP contribution in [0, 0.1) is 11.5 Å². The van der Waals surface area contributed by atoms with Crippen molar-refractivity contribution in [3.8, 4) is 11.5 Å². The first-order valence-electron chi connectivity index (χ1n) is 9.60. The number of nitrogens with one attached hydrogen (secondary N) is 2. The summed E-state index contributed by atoms with van der Waals surface area (Å²) in [6.45, 7) is 14.2. The highest BCUT2D eigenvalue weighted by Gasteiger charge is 2.22. The number of anilines is 1. The van der Waals surface area contributed by atoms with Crippen LogP contribution in [-0.2, 0) is 9.47 Å². The number of morpholine rings is 1. The maximum absolute atomic E-state index is 12.7. The average Bonchev–Trinajstić information content (AvgIpc) is 2.63. The highest BCUT2D eigenvalue weighted by molar-refractivity contribution is 6.83. The average molecular weight is 419 g/mol. The zero-order chi connectivity index (χ0) is 21.7. The fourth-order valence-electron chi connectivity index (χ4n) is 2.47. The van der Waals surface area contributed by atoms with Gasteiger partial charge in [-0.05, 0) is 26.8 Å². The molecule has 8 nitrogen and oxygen atoms in total. The third-order valence-electron chi connectivity index (χ3n) is 3.69. The molecule has 2 amide bonds. The molecule has 29 heavy (non-hydrogen) atoms. The van der Waals surface area contributed by atoms with E-state index in [9.17, 15) is 9.59 Å². The summed E-state index contributed by atoms with van der Waals surface area (Å²) < 4.78 is 10.5. The van der Waals surface area contributed by atoms with Gasteiger partial charge in [0.1, 0.15) is 13.7 Å². The molecule has 0 unspecified atom stereocenters. The van der Waals surface area contributed by atoms with Crippen molar-refractivity contribution in [2.45, 2.75) is 46.0 Å². The summed E-state index contributed by atoms with van der Waals surface area (Å²) in [5.74, 6) is 2.65. The van der Waals surface area contributed by atoms with E-state index >= 15 is 0 Å². The Hall–Kier alpha value is -2.57. The van der Waals surface area contributed by atoms with E-state index in [1.165, 1.54) is 0 Å².